The van der Waals surface area contributed by atoms with Crippen LogP contribution in [-0.4, -0.2) is 11.1 Å². The molecular formula is C11H8F6O2. The van der Waals surface area contributed by atoms with E-state index in [1.54, 1.807) is 0 Å². The monoisotopic (exact) mass is 286 g/mol. The van der Waals surface area contributed by atoms with Crippen molar-refractivity contribution in [3.05, 3.63) is 34.4 Å². The summed E-state index contributed by atoms with van der Waals surface area (Å²) in [4.78, 5) is 10.7. The first-order chi connectivity index (χ1) is 8.48. The van der Waals surface area contributed by atoms with Crippen LogP contribution in [0.3, 0.4) is 0 Å². The Labute approximate surface area is 103 Å². The lowest BCUT2D eigenvalue weighted by Crippen LogP contribution is -2.21. The Hall–Kier alpha value is -1.73. The first-order valence-corrected chi connectivity index (χ1v) is 5.03. The standard InChI is InChI=1S/C11H8F6O2/c1-2-5-3-6(9(18)19)8(11(15,16)17)7(4-5)10(12,13)14/h3-4H,2H2,1H3,(H,18,19). The molecule has 1 aromatic rings. The number of carbonyl (C=O) groups is 1. The van der Waals surface area contributed by atoms with E-state index in [0.717, 1.165) is 0 Å². The van der Waals surface area contributed by atoms with Gasteiger partial charge in [-0.15, -0.1) is 0 Å². The minimum atomic E-state index is -5.40. The van der Waals surface area contributed by atoms with Gasteiger partial charge in [-0.25, -0.2) is 4.79 Å². The second-order valence-electron chi connectivity index (χ2n) is 3.72. The summed E-state index contributed by atoms with van der Waals surface area (Å²) < 4.78 is 76.0. The van der Waals surface area contributed by atoms with Crippen molar-refractivity contribution in [3.8, 4) is 0 Å². The molecule has 0 aliphatic carbocycles. The number of carboxylic acid groups (broad SMARTS) is 1. The number of hydrogen-bond acceptors (Lipinski definition) is 1. The molecule has 19 heavy (non-hydrogen) atoms. The first-order valence-electron chi connectivity index (χ1n) is 5.03. The van der Waals surface area contributed by atoms with Gasteiger partial charge < -0.3 is 5.11 Å². The van der Waals surface area contributed by atoms with Crippen molar-refractivity contribution in [2.24, 2.45) is 0 Å². The van der Waals surface area contributed by atoms with Gasteiger partial charge in [0.25, 0.3) is 0 Å². The highest BCUT2D eigenvalue weighted by Gasteiger charge is 2.46. The zero-order chi connectivity index (χ0) is 15.0. The SMILES string of the molecule is CCc1cc(C(=O)O)c(C(F)(F)F)c(C(F)(F)F)c1. The molecule has 0 atom stereocenters. The van der Waals surface area contributed by atoms with Crippen molar-refractivity contribution < 1.29 is 36.2 Å². The Morgan fingerprint density at radius 1 is 1.11 bits per heavy atom. The van der Waals surface area contributed by atoms with Gasteiger partial charge in [-0.3, -0.25) is 0 Å². The molecule has 0 saturated heterocycles. The Kier molecular flexibility index (Phi) is 3.83. The predicted molar refractivity (Wildman–Crippen MR) is 52.8 cm³/mol. The van der Waals surface area contributed by atoms with Crippen LogP contribution >= 0.6 is 0 Å². The third kappa shape index (κ3) is 3.18. The Bertz CT molecular complexity index is 501. The number of halogens is 6. The van der Waals surface area contributed by atoms with E-state index in [4.69, 9.17) is 5.11 Å². The molecule has 0 fully saturated rings. The predicted octanol–water partition coefficient (Wildman–Crippen LogP) is 3.98. The lowest BCUT2D eigenvalue weighted by Gasteiger charge is -2.18. The maximum atomic E-state index is 12.7. The zero-order valence-electron chi connectivity index (χ0n) is 9.49. The molecule has 0 saturated carbocycles. The van der Waals surface area contributed by atoms with Crippen LogP contribution in [0.15, 0.2) is 12.1 Å². The van der Waals surface area contributed by atoms with Crippen molar-refractivity contribution in [1.82, 2.24) is 0 Å². The number of aryl methyl sites for hydroxylation is 1. The van der Waals surface area contributed by atoms with Gasteiger partial charge in [0, 0.05) is 0 Å². The highest BCUT2D eigenvalue weighted by atomic mass is 19.4. The van der Waals surface area contributed by atoms with Gasteiger partial charge in [0.2, 0.25) is 0 Å². The molecular weight excluding hydrogens is 278 g/mol. The summed E-state index contributed by atoms with van der Waals surface area (Å²) in [6.45, 7) is 1.41. The summed E-state index contributed by atoms with van der Waals surface area (Å²) >= 11 is 0. The summed E-state index contributed by atoms with van der Waals surface area (Å²) in [6, 6.07) is 0.940. The van der Waals surface area contributed by atoms with E-state index in [9.17, 15) is 31.1 Å². The number of aromatic carboxylic acids is 1. The van der Waals surface area contributed by atoms with E-state index < -0.39 is 35.0 Å². The van der Waals surface area contributed by atoms with Gasteiger partial charge >= 0.3 is 18.3 Å². The molecule has 0 amide bonds. The van der Waals surface area contributed by atoms with Crippen LogP contribution in [0.25, 0.3) is 0 Å². The number of alkyl halides is 6. The van der Waals surface area contributed by atoms with Crippen LogP contribution in [0.4, 0.5) is 26.3 Å². The fraction of sp³-hybridized carbons (Fsp3) is 0.364. The molecule has 1 aromatic carbocycles. The van der Waals surface area contributed by atoms with E-state index in [2.05, 4.69) is 0 Å². The summed E-state index contributed by atoms with van der Waals surface area (Å²) in [7, 11) is 0. The molecule has 0 unspecified atom stereocenters. The molecule has 0 radical (unpaired) electrons. The lowest BCUT2D eigenvalue weighted by atomic mass is 9.95. The highest BCUT2D eigenvalue weighted by Crippen LogP contribution is 2.42. The minimum Gasteiger partial charge on any atom is -0.478 e. The van der Waals surface area contributed by atoms with Crippen molar-refractivity contribution in [1.29, 1.82) is 0 Å². The fourth-order valence-corrected chi connectivity index (χ4v) is 1.60. The summed E-state index contributed by atoms with van der Waals surface area (Å²) in [5.41, 5.74) is -5.65. The Balaban J connectivity index is 3.77. The lowest BCUT2D eigenvalue weighted by molar-refractivity contribution is -0.162. The third-order valence-electron chi connectivity index (χ3n) is 2.43. The zero-order valence-corrected chi connectivity index (χ0v) is 9.49. The van der Waals surface area contributed by atoms with Crippen LogP contribution in [-0.2, 0) is 18.8 Å². The van der Waals surface area contributed by atoms with Crippen molar-refractivity contribution in [2.75, 3.05) is 0 Å². The number of rotatable bonds is 2. The molecule has 2 nitrogen and oxygen atoms in total. The summed E-state index contributed by atoms with van der Waals surface area (Å²) in [5.74, 6) is -2.05. The smallest absolute Gasteiger partial charge is 0.417 e. The summed E-state index contributed by atoms with van der Waals surface area (Å²) in [5, 5.41) is 8.67. The number of carboxylic acids is 1. The molecule has 1 N–H and O–H groups in total. The highest BCUT2D eigenvalue weighted by molar-refractivity contribution is 5.90. The third-order valence-corrected chi connectivity index (χ3v) is 2.43. The van der Waals surface area contributed by atoms with Crippen molar-refractivity contribution in [2.45, 2.75) is 25.7 Å². The maximum Gasteiger partial charge on any atom is 0.417 e. The van der Waals surface area contributed by atoms with Gasteiger partial charge in [-0.2, -0.15) is 26.3 Å². The van der Waals surface area contributed by atoms with Gasteiger partial charge in [-0.1, -0.05) is 6.92 Å². The molecule has 8 heteroatoms. The molecule has 1 rings (SSSR count). The van der Waals surface area contributed by atoms with Gasteiger partial charge in [0.15, 0.2) is 0 Å². The van der Waals surface area contributed by atoms with Gasteiger partial charge in [-0.05, 0) is 24.1 Å². The van der Waals surface area contributed by atoms with Crippen LogP contribution in [0.5, 0.6) is 0 Å². The molecule has 0 aliphatic rings. The number of hydrogen-bond donors (Lipinski definition) is 1. The van der Waals surface area contributed by atoms with Crippen LogP contribution < -0.4 is 0 Å². The van der Waals surface area contributed by atoms with Gasteiger partial charge in [0.05, 0.1) is 16.7 Å². The molecule has 0 aliphatic heterocycles. The van der Waals surface area contributed by atoms with Crippen molar-refractivity contribution in [3.63, 3.8) is 0 Å². The second kappa shape index (κ2) is 4.75. The number of benzene rings is 1. The van der Waals surface area contributed by atoms with Gasteiger partial charge in [0.1, 0.15) is 0 Å². The minimum absolute atomic E-state index is 0.0124. The van der Waals surface area contributed by atoms with E-state index in [0.29, 0.717) is 12.1 Å². The average molecular weight is 286 g/mol. The first kappa shape index (κ1) is 15.3. The van der Waals surface area contributed by atoms with E-state index in [1.165, 1.54) is 6.92 Å². The molecule has 0 aromatic heterocycles. The second-order valence-corrected chi connectivity index (χ2v) is 3.72. The Morgan fingerprint density at radius 2 is 1.63 bits per heavy atom. The fourth-order valence-electron chi connectivity index (χ4n) is 1.60. The molecule has 0 heterocycles. The summed E-state index contributed by atoms with van der Waals surface area (Å²) in [6.07, 6.45) is -10.7. The molecule has 106 valence electrons. The maximum absolute atomic E-state index is 12.7. The van der Waals surface area contributed by atoms with Crippen LogP contribution in [0, 0.1) is 0 Å². The quantitative estimate of drug-likeness (QED) is 0.835. The van der Waals surface area contributed by atoms with Crippen LogP contribution in [0.1, 0.15) is 34.0 Å². The molecule has 0 bridgehead atoms. The Morgan fingerprint density at radius 3 is 1.95 bits per heavy atom. The average Bonchev–Trinajstić information content (AvgIpc) is 2.24. The van der Waals surface area contributed by atoms with E-state index >= 15 is 0 Å². The van der Waals surface area contributed by atoms with E-state index in [1.807, 2.05) is 0 Å². The largest absolute Gasteiger partial charge is 0.478 e. The normalized spacial score (nSPS) is 12.6. The molecule has 0 spiro atoms. The van der Waals surface area contributed by atoms with Crippen LogP contribution in [0.2, 0.25) is 0 Å². The van der Waals surface area contributed by atoms with Crippen molar-refractivity contribution >= 4 is 5.97 Å². The van der Waals surface area contributed by atoms with E-state index in [-0.39, 0.29) is 12.0 Å². The topological polar surface area (TPSA) is 37.3 Å².